The number of aryl methyl sites for hydroxylation is 1. The normalized spacial score (nSPS) is 10.6. The standard InChI is InChI=1S/C21H21N3O5/c1-22(13-8-6-5-7-9-13)19(26)17-18(25)15-12-14(23(2)21(28)29-4)10-11-16(15)24(3)20(17)27/h5-12,25H,1-4H3. The third-order valence-corrected chi connectivity index (χ3v) is 4.85. The highest BCUT2D eigenvalue weighted by atomic mass is 16.5. The Kier molecular flexibility index (Phi) is 5.27. The van der Waals surface area contributed by atoms with Gasteiger partial charge in [0.15, 0.2) is 0 Å². The summed E-state index contributed by atoms with van der Waals surface area (Å²) in [5, 5.41) is 11.1. The summed E-state index contributed by atoms with van der Waals surface area (Å²) in [5.74, 6) is -1.07. The summed E-state index contributed by atoms with van der Waals surface area (Å²) < 4.78 is 6.00. The molecule has 0 aliphatic rings. The SMILES string of the molecule is COC(=O)N(C)c1ccc2c(c1)c(O)c(C(=O)N(C)c1ccccc1)c(=O)n2C. The number of carbonyl (C=O) groups excluding carboxylic acids is 2. The number of carbonyl (C=O) groups is 2. The van der Waals surface area contributed by atoms with Gasteiger partial charge in [0.2, 0.25) is 0 Å². The van der Waals surface area contributed by atoms with Gasteiger partial charge in [-0.05, 0) is 30.3 Å². The van der Waals surface area contributed by atoms with Gasteiger partial charge in [-0.1, -0.05) is 18.2 Å². The first-order valence-corrected chi connectivity index (χ1v) is 8.78. The quantitative estimate of drug-likeness (QED) is 0.736. The summed E-state index contributed by atoms with van der Waals surface area (Å²) in [6.45, 7) is 0. The van der Waals surface area contributed by atoms with Gasteiger partial charge < -0.3 is 19.3 Å². The molecule has 1 heterocycles. The maximum atomic E-state index is 13.0. The second-order valence-corrected chi connectivity index (χ2v) is 6.52. The first-order valence-electron chi connectivity index (χ1n) is 8.78. The third kappa shape index (κ3) is 3.40. The molecule has 1 aromatic heterocycles. The number of methoxy groups -OCH3 is 1. The van der Waals surface area contributed by atoms with E-state index in [0.717, 1.165) is 0 Å². The van der Waals surface area contributed by atoms with Gasteiger partial charge in [-0.15, -0.1) is 0 Å². The van der Waals surface area contributed by atoms with E-state index in [4.69, 9.17) is 4.74 Å². The predicted molar refractivity (Wildman–Crippen MR) is 111 cm³/mol. The molecule has 8 nitrogen and oxygen atoms in total. The molecular formula is C21H21N3O5. The van der Waals surface area contributed by atoms with Crippen molar-refractivity contribution in [1.82, 2.24) is 4.57 Å². The number of para-hydroxylation sites is 1. The minimum Gasteiger partial charge on any atom is -0.506 e. The van der Waals surface area contributed by atoms with Crippen LogP contribution in [0.2, 0.25) is 0 Å². The number of ether oxygens (including phenoxy) is 1. The van der Waals surface area contributed by atoms with Gasteiger partial charge in [-0.2, -0.15) is 0 Å². The highest BCUT2D eigenvalue weighted by Crippen LogP contribution is 2.31. The summed E-state index contributed by atoms with van der Waals surface area (Å²) in [5.41, 5.74) is 0.487. The number of benzene rings is 2. The van der Waals surface area contributed by atoms with Crippen LogP contribution in [0, 0.1) is 0 Å². The number of amides is 2. The lowest BCUT2D eigenvalue weighted by Gasteiger charge is -2.20. The molecule has 29 heavy (non-hydrogen) atoms. The molecule has 3 aromatic rings. The molecule has 3 rings (SSSR count). The van der Waals surface area contributed by atoms with Gasteiger partial charge in [0.1, 0.15) is 11.3 Å². The van der Waals surface area contributed by atoms with Crippen LogP contribution in [0.5, 0.6) is 5.75 Å². The van der Waals surface area contributed by atoms with Crippen LogP contribution in [0.3, 0.4) is 0 Å². The van der Waals surface area contributed by atoms with Crippen LogP contribution in [0.15, 0.2) is 53.3 Å². The molecule has 0 saturated heterocycles. The summed E-state index contributed by atoms with van der Waals surface area (Å²) >= 11 is 0. The van der Waals surface area contributed by atoms with Crippen LogP contribution in [0.25, 0.3) is 10.9 Å². The molecule has 0 saturated carbocycles. The molecule has 0 aliphatic heterocycles. The topological polar surface area (TPSA) is 92.1 Å². The predicted octanol–water partition coefficient (Wildman–Crippen LogP) is 2.72. The van der Waals surface area contributed by atoms with Crippen LogP contribution >= 0.6 is 0 Å². The fourth-order valence-electron chi connectivity index (χ4n) is 3.10. The van der Waals surface area contributed by atoms with Crippen LogP contribution < -0.4 is 15.4 Å². The van der Waals surface area contributed by atoms with Crippen LogP contribution in [0.4, 0.5) is 16.2 Å². The number of fused-ring (bicyclic) bond motifs is 1. The smallest absolute Gasteiger partial charge is 0.413 e. The first kappa shape index (κ1) is 19.9. The van der Waals surface area contributed by atoms with Gasteiger partial charge in [0.25, 0.3) is 11.5 Å². The van der Waals surface area contributed by atoms with Crippen molar-refractivity contribution in [2.45, 2.75) is 0 Å². The number of anilines is 2. The van der Waals surface area contributed by atoms with E-state index in [9.17, 15) is 19.5 Å². The molecule has 0 aliphatic carbocycles. The van der Waals surface area contributed by atoms with E-state index in [1.54, 1.807) is 36.4 Å². The summed E-state index contributed by atoms with van der Waals surface area (Å²) in [6.07, 6.45) is -0.589. The van der Waals surface area contributed by atoms with Crippen molar-refractivity contribution < 1.29 is 19.4 Å². The largest absolute Gasteiger partial charge is 0.506 e. The zero-order valence-electron chi connectivity index (χ0n) is 16.5. The molecule has 0 spiro atoms. The molecular weight excluding hydrogens is 374 g/mol. The fourth-order valence-corrected chi connectivity index (χ4v) is 3.10. The average Bonchev–Trinajstić information content (AvgIpc) is 2.76. The van der Waals surface area contributed by atoms with Gasteiger partial charge in [0.05, 0.1) is 12.6 Å². The molecule has 0 atom stereocenters. The molecule has 0 bridgehead atoms. The third-order valence-electron chi connectivity index (χ3n) is 4.85. The zero-order chi connectivity index (χ0) is 21.3. The Labute approximate surface area is 167 Å². The minimum absolute atomic E-state index is 0.269. The van der Waals surface area contributed by atoms with Crippen LogP contribution in [0.1, 0.15) is 10.4 Å². The average molecular weight is 395 g/mol. The van der Waals surface area contributed by atoms with Crippen molar-refractivity contribution in [1.29, 1.82) is 0 Å². The Bertz CT molecular complexity index is 1150. The molecule has 0 fully saturated rings. The van der Waals surface area contributed by atoms with Gasteiger partial charge in [-0.25, -0.2) is 4.79 Å². The Morgan fingerprint density at radius 1 is 1.00 bits per heavy atom. The molecule has 2 aromatic carbocycles. The second kappa shape index (κ2) is 7.67. The van der Waals surface area contributed by atoms with E-state index < -0.39 is 23.3 Å². The number of aromatic hydroxyl groups is 1. The van der Waals surface area contributed by atoms with Gasteiger partial charge >= 0.3 is 6.09 Å². The maximum absolute atomic E-state index is 13.0. The lowest BCUT2D eigenvalue weighted by Crippen LogP contribution is -2.34. The van der Waals surface area contributed by atoms with Gasteiger partial charge in [-0.3, -0.25) is 14.5 Å². The number of aromatic nitrogens is 1. The zero-order valence-corrected chi connectivity index (χ0v) is 16.5. The number of nitrogens with zero attached hydrogens (tertiary/aromatic N) is 3. The Balaban J connectivity index is 2.18. The maximum Gasteiger partial charge on any atom is 0.413 e. The van der Waals surface area contributed by atoms with Crippen molar-refractivity contribution in [3.63, 3.8) is 0 Å². The van der Waals surface area contributed by atoms with Crippen molar-refractivity contribution >= 4 is 34.3 Å². The lowest BCUT2D eigenvalue weighted by atomic mass is 10.1. The molecule has 0 unspecified atom stereocenters. The van der Waals surface area contributed by atoms with E-state index in [2.05, 4.69) is 0 Å². The van der Waals surface area contributed by atoms with Crippen molar-refractivity contribution in [2.75, 3.05) is 31.0 Å². The van der Waals surface area contributed by atoms with Gasteiger partial charge in [0, 0.05) is 37.9 Å². The van der Waals surface area contributed by atoms with E-state index in [-0.39, 0.29) is 10.9 Å². The van der Waals surface area contributed by atoms with Crippen molar-refractivity contribution in [3.05, 3.63) is 64.4 Å². The number of hydrogen-bond donors (Lipinski definition) is 1. The second-order valence-electron chi connectivity index (χ2n) is 6.52. The highest BCUT2D eigenvalue weighted by Gasteiger charge is 2.25. The Morgan fingerprint density at radius 2 is 1.66 bits per heavy atom. The Hall–Kier alpha value is -3.81. The summed E-state index contributed by atoms with van der Waals surface area (Å²) in [7, 11) is 5.83. The van der Waals surface area contributed by atoms with Crippen molar-refractivity contribution in [3.8, 4) is 5.75 Å². The number of pyridine rings is 1. The van der Waals surface area contributed by atoms with E-state index in [1.165, 1.54) is 48.7 Å². The first-order chi connectivity index (χ1) is 13.8. The minimum atomic E-state index is -0.636. The molecule has 2 amide bonds. The summed E-state index contributed by atoms with van der Waals surface area (Å²) in [6, 6.07) is 13.6. The van der Waals surface area contributed by atoms with E-state index in [1.807, 2.05) is 6.07 Å². The summed E-state index contributed by atoms with van der Waals surface area (Å²) in [4.78, 5) is 40.2. The molecule has 8 heteroatoms. The molecule has 150 valence electrons. The monoisotopic (exact) mass is 395 g/mol. The van der Waals surface area contributed by atoms with E-state index >= 15 is 0 Å². The van der Waals surface area contributed by atoms with E-state index in [0.29, 0.717) is 16.9 Å². The molecule has 0 radical (unpaired) electrons. The highest BCUT2D eigenvalue weighted by molar-refractivity contribution is 6.10. The van der Waals surface area contributed by atoms with Crippen LogP contribution in [-0.2, 0) is 11.8 Å². The Morgan fingerprint density at radius 3 is 2.28 bits per heavy atom. The number of rotatable bonds is 3. The fraction of sp³-hybridized carbons (Fsp3) is 0.190. The van der Waals surface area contributed by atoms with Crippen molar-refractivity contribution in [2.24, 2.45) is 7.05 Å². The number of hydrogen-bond acceptors (Lipinski definition) is 5. The lowest BCUT2D eigenvalue weighted by molar-refractivity contribution is 0.0988. The van der Waals surface area contributed by atoms with Crippen LogP contribution in [-0.4, -0.2) is 42.9 Å². The molecule has 1 N–H and O–H groups in total.